The molecule has 0 saturated carbocycles. The Kier molecular flexibility index (Phi) is 5.14. The number of imidazole rings is 1. The monoisotopic (exact) mass is 290 g/mol. The van der Waals surface area contributed by atoms with Crippen LogP contribution in [0.3, 0.4) is 0 Å². The van der Waals surface area contributed by atoms with Crippen molar-refractivity contribution in [2.75, 3.05) is 5.32 Å². The van der Waals surface area contributed by atoms with Crippen molar-refractivity contribution in [3.63, 3.8) is 0 Å². The first kappa shape index (κ1) is 15.3. The molecule has 0 bridgehead atoms. The van der Waals surface area contributed by atoms with Crippen molar-refractivity contribution in [2.45, 2.75) is 52.0 Å². The van der Waals surface area contributed by atoms with Crippen LogP contribution in [0.1, 0.15) is 46.0 Å². The number of fused-ring (bicyclic) bond motifs is 1. The third-order valence-corrected chi connectivity index (χ3v) is 3.56. The molecule has 1 unspecified atom stereocenters. The van der Waals surface area contributed by atoms with Gasteiger partial charge in [-0.05, 0) is 18.9 Å². The molecular weight excluding hydrogens is 268 g/mol. The largest absolute Gasteiger partial charge is 0.353 e. The molecule has 2 N–H and O–H groups in total. The lowest BCUT2D eigenvalue weighted by Gasteiger charge is -2.16. The molecule has 0 saturated heterocycles. The highest BCUT2D eigenvalue weighted by atomic mass is 16.6. The third-order valence-electron chi connectivity index (χ3n) is 3.56. The number of unbranched alkanes of at least 4 members (excludes halogenated alkanes) is 1. The van der Waals surface area contributed by atoms with E-state index in [4.69, 9.17) is 0 Å². The standard InChI is InChI=1S/C15H22N4O2/c1-3-5-7-11(6-4-2)16-15-17-13-9-8-12(19(20)21)10-14(13)18-15/h8-11H,3-7H2,1-2H3,(H2,16,17,18). The quantitative estimate of drug-likeness (QED) is 0.562. The maximum absolute atomic E-state index is 10.8. The fourth-order valence-corrected chi connectivity index (χ4v) is 2.46. The summed E-state index contributed by atoms with van der Waals surface area (Å²) in [6, 6.07) is 5.07. The van der Waals surface area contributed by atoms with Gasteiger partial charge in [-0.15, -0.1) is 0 Å². The van der Waals surface area contributed by atoms with Gasteiger partial charge in [0.2, 0.25) is 5.95 Å². The lowest BCUT2D eigenvalue weighted by atomic mass is 10.1. The van der Waals surface area contributed by atoms with Crippen molar-refractivity contribution >= 4 is 22.7 Å². The number of nitro benzene ring substituents is 1. The maximum Gasteiger partial charge on any atom is 0.271 e. The first-order valence-electron chi connectivity index (χ1n) is 7.54. The zero-order valence-electron chi connectivity index (χ0n) is 12.6. The Morgan fingerprint density at radius 1 is 1.33 bits per heavy atom. The highest BCUT2D eigenvalue weighted by Crippen LogP contribution is 2.21. The average molecular weight is 290 g/mol. The van der Waals surface area contributed by atoms with Crippen LogP contribution in [0.5, 0.6) is 0 Å². The molecule has 21 heavy (non-hydrogen) atoms. The number of hydrogen-bond donors (Lipinski definition) is 2. The van der Waals surface area contributed by atoms with Gasteiger partial charge in [-0.25, -0.2) is 4.98 Å². The Morgan fingerprint density at radius 2 is 2.14 bits per heavy atom. The van der Waals surface area contributed by atoms with Crippen molar-refractivity contribution < 1.29 is 4.92 Å². The smallest absolute Gasteiger partial charge is 0.271 e. The summed E-state index contributed by atoms with van der Waals surface area (Å²) in [5.41, 5.74) is 1.51. The van der Waals surface area contributed by atoms with Crippen molar-refractivity contribution in [1.82, 2.24) is 9.97 Å². The van der Waals surface area contributed by atoms with Crippen LogP contribution in [0.25, 0.3) is 11.0 Å². The second-order valence-corrected chi connectivity index (χ2v) is 5.32. The van der Waals surface area contributed by atoms with Gasteiger partial charge in [0.05, 0.1) is 16.0 Å². The summed E-state index contributed by atoms with van der Waals surface area (Å²) in [5.74, 6) is 0.694. The number of nitrogens with zero attached hydrogens (tertiary/aromatic N) is 2. The van der Waals surface area contributed by atoms with E-state index < -0.39 is 4.92 Å². The number of hydrogen-bond acceptors (Lipinski definition) is 4. The first-order chi connectivity index (χ1) is 10.1. The number of H-pyrrole nitrogens is 1. The normalized spacial score (nSPS) is 12.5. The maximum atomic E-state index is 10.8. The van der Waals surface area contributed by atoms with Crippen molar-refractivity contribution in [3.05, 3.63) is 28.3 Å². The summed E-state index contributed by atoms with van der Waals surface area (Å²) in [5, 5.41) is 14.2. The Labute approximate surface area is 124 Å². The van der Waals surface area contributed by atoms with Crippen LogP contribution < -0.4 is 5.32 Å². The molecule has 0 radical (unpaired) electrons. The molecule has 1 aromatic heterocycles. The van der Waals surface area contributed by atoms with Crippen LogP contribution in [-0.2, 0) is 0 Å². The highest BCUT2D eigenvalue weighted by molar-refractivity contribution is 5.79. The molecule has 6 heteroatoms. The number of nitro groups is 1. The molecule has 1 heterocycles. The molecule has 114 valence electrons. The van der Waals surface area contributed by atoms with E-state index in [1.54, 1.807) is 6.07 Å². The molecule has 1 atom stereocenters. The molecule has 6 nitrogen and oxygen atoms in total. The van der Waals surface area contributed by atoms with Crippen molar-refractivity contribution in [2.24, 2.45) is 0 Å². The topological polar surface area (TPSA) is 83.8 Å². The van der Waals surface area contributed by atoms with Gasteiger partial charge in [0.25, 0.3) is 5.69 Å². The van der Waals surface area contributed by atoms with Crippen molar-refractivity contribution in [3.8, 4) is 0 Å². The fourth-order valence-electron chi connectivity index (χ4n) is 2.46. The second kappa shape index (κ2) is 7.06. The molecular formula is C15H22N4O2. The number of aromatic nitrogens is 2. The van der Waals surface area contributed by atoms with Crippen LogP contribution in [-0.4, -0.2) is 20.9 Å². The first-order valence-corrected chi connectivity index (χ1v) is 7.54. The van der Waals surface area contributed by atoms with E-state index >= 15 is 0 Å². The minimum absolute atomic E-state index is 0.0776. The van der Waals surface area contributed by atoms with E-state index in [9.17, 15) is 10.1 Å². The van der Waals surface area contributed by atoms with Gasteiger partial charge in [0, 0.05) is 18.2 Å². The Bertz CT molecular complexity index is 609. The number of benzene rings is 1. The van der Waals surface area contributed by atoms with E-state index in [2.05, 4.69) is 29.1 Å². The molecule has 0 fully saturated rings. The van der Waals surface area contributed by atoms with E-state index in [1.807, 2.05) is 0 Å². The van der Waals surface area contributed by atoms with Gasteiger partial charge in [0.15, 0.2) is 0 Å². The number of nitrogens with one attached hydrogen (secondary N) is 2. The predicted molar refractivity (Wildman–Crippen MR) is 84.6 cm³/mol. The lowest BCUT2D eigenvalue weighted by molar-refractivity contribution is -0.384. The predicted octanol–water partition coefficient (Wildman–Crippen LogP) is 4.24. The highest BCUT2D eigenvalue weighted by Gasteiger charge is 2.12. The van der Waals surface area contributed by atoms with E-state index in [0.717, 1.165) is 24.8 Å². The fraction of sp³-hybridized carbons (Fsp3) is 0.533. The number of non-ortho nitro benzene ring substituents is 1. The van der Waals surface area contributed by atoms with Crippen LogP contribution in [0.2, 0.25) is 0 Å². The van der Waals surface area contributed by atoms with E-state index in [1.165, 1.54) is 25.0 Å². The second-order valence-electron chi connectivity index (χ2n) is 5.32. The molecule has 0 aliphatic heterocycles. The summed E-state index contributed by atoms with van der Waals surface area (Å²) < 4.78 is 0. The van der Waals surface area contributed by atoms with Crippen molar-refractivity contribution in [1.29, 1.82) is 0 Å². The van der Waals surface area contributed by atoms with Crippen LogP contribution in [0.4, 0.5) is 11.6 Å². The number of aromatic amines is 1. The lowest BCUT2D eigenvalue weighted by Crippen LogP contribution is -2.19. The number of rotatable bonds is 8. The van der Waals surface area contributed by atoms with Crippen LogP contribution >= 0.6 is 0 Å². The van der Waals surface area contributed by atoms with E-state index in [-0.39, 0.29) is 5.69 Å². The third kappa shape index (κ3) is 3.93. The summed E-state index contributed by atoms with van der Waals surface area (Å²) in [7, 11) is 0. The SMILES string of the molecule is CCCCC(CCC)Nc1nc2ccc([N+](=O)[O-])cc2[nH]1. The Hall–Kier alpha value is -2.11. The van der Waals surface area contributed by atoms with Gasteiger partial charge in [-0.3, -0.25) is 10.1 Å². The summed E-state index contributed by atoms with van der Waals surface area (Å²) >= 11 is 0. The molecule has 0 aliphatic rings. The summed E-state index contributed by atoms with van der Waals surface area (Å²) in [6.07, 6.45) is 5.68. The summed E-state index contributed by atoms with van der Waals surface area (Å²) in [6.45, 7) is 4.35. The molecule has 2 aromatic rings. The van der Waals surface area contributed by atoms with Gasteiger partial charge in [-0.2, -0.15) is 0 Å². The minimum atomic E-state index is -0.394. The van der Waals surface area contributed by atoms with Gasteiger partial charge in [-0.1, -0.05) is 33.1 Å². The zero-order chi connectivity index (χ0) is 15.2. The average Bonchev–Trinajstić information content (AvgIpc) is 2.86. The van der Waals surface area contributed by atoms with Gasteiger partial charge >= 0.3 is 0 Å². The Morgan fingerprint density at radius 3 is 2.81 bits per heavy atom. The molecule has 0 aliphatic carbocycles. The van der Waals surface area contributed by atoms with Crippen LogP contribution in [0, 0.1) is 10.1 Å². The molecule has 0 spiro atoms. The van der Waals surface area contributed by atoms with Crippen LogP contribution in [0.15, 0.2) is 18.2 Å². The summed E-state index contributed by atoms with van der Waals surface area (Å²) in [4.78, 5) is 18.0. The minimum Gasteiger partial charge on any atom is -0.353 e. The van der Waals surface area contributed by atoms with Gasteiger partial charge in [0.1, 0.15) is 0 Å². The molecule has 1 aromatic carbocycles. The zero-order valence-corrected chi connectivity index (χ0v) is 12.6. The molecule has 0 amide bonds. The molecule has 2 rings (SSSR count). The Balaban J connectivity index is 2.15. The van der Waals surface area contributed by atoms with Gasteiger partial charge < -0.3 is 10.3 Å². The van der Waals surface area contributed by atoms with E-state index in [0.29, 0.717) is 17.5 Å². The number of anilines is 1.